The minimum Gasteiger partial charge on any atom is -0.342 e. The normalized spacial score (nSPS) is 19.4. The van der Waals surface area contributed by atoms with Gasteiger partial charge in [-0.3, -0.25) is 20.0 Å². The smallest absolute Gasteiger partial charge is 0.270 e. The third-order valence-electron chi connectivity index (χ3n) is 3.94. The molecule has 8 heteroatoms. The van der Waals surface area contributed by atoms with Crippen LogP contribution in [0.1, 0.15) is 22.1 Å². The lowest BCUT2D eigenvalue weighted by atomic mass is 9.96. The first-order chi connectivity index (χ1) is 12.7. The molecule has 1 saturated heterocycles. The zero-order chi connectivity index (χ0) is 18.2. The van der Waals surface area contributed by atoms with E-state index < -0.39 is 11.8 Å². The highest BCUT2D eigenvalue weighted by molar-refractivity contribution is 5.94. The van der Waals surface area contributed by atoms with Crippen molar-refractivity contribution < 1.29 is 9.59 Å². The van der Waals surface area contributed by atoms with Crippen molar-refractivity contribution in [2.75, 3.05) is 13.1 Å². The monoisotopic (exact) mass is 352 g/mol. The summed E-state index contributed by atoms with van der Waals surface area (Å²) in [6, 6.07) is 15.1. The van der Waals surface area contributed by atoms with Gasteiger partial charge in [0.05, 0.1) is 12.6 Å². The van der Waals surface area contributed by atoms with Crippen molar-refractivity contribution in [2.24, 2.45) is 11.0 Å². The van der Waals surface area contributed by atoms with E-state index in [1.807, 2.05) is 30.3 Å². The zero-order valence-electron chi connectivity index (χ0n) is 14.1. The molecule has 1 aromatic heterocycles. The van der Waals surface area contributed by atoms with Crippen LogP contribution in [0.3, 0.4) is 0 Å². The molecule has 1 fully saturated rings. The molecular weight excluding hydrogens is 332 g/mol. The summed E-state index contributed by atoms with van der Waals surface area (Å²) in [5, 5.41) is 6.51. The van der Waals surface area contributed by atoms with Gasteiger partial charge in [0.2, 0.25) is 0 Å². The molecule has 1 aliphatic heterocycles. The van der Waals surface area contributed by atoms with Crippen molar-refractivity contribution in [3.63, 3.8) is 0 Å². The van der Waals surface area contributed by atoms with Gasteiger partial charge in [0.1, 0.15) is 5.69 Å². The predicted molar refractivity (Wildman–Crippen MR) is 97.0 cm³/mol. The van der Waals surface area contributed by atoms with E-state index in [0.29, 0.717) is 6.54 Å². The first kappa shape index (κ1) is 17.7. The van der Waals surface area contributed by atoms with Crippen LogP contribution in [0, 0.1) is 5.92 Å². The van der Waals surface area contributed by atoms with Crippen LogP contribution in [0.5, 0.6) is 0 Å². The Morgan fingerprint density at radius 2 is 2.00 bits per heavy atom. The van der Waals surface area contributed by atoms with Crippen LogP contribution < -0.4 is 21.6 Å². The number of aromatic nitrogens is 1. The van der Waals surface area contributed by atoms with Crippen LogP contribution in [-0.2, 0) is 4.79 Å². The second-order valence-electron chi connectivity index (χ2n) is 5.79. The average Bonchev–Trinajstić information content (AvgIpc) is 3.16. The highest BCUT2D eigenvalue weighted by atomic mass is 16.2. The number of benzene rings is 1. The van der Waals surface area contributed by atoms with Gasteiger partial charge in [-0.1, -0.05) is 36.4 Å². The number of hydrazone groups is 1. The molecule has 1 aromatic carbocycles. The molecule has 2 amide bonds. The quantitative estimate of drug-likeness (QED) is 0.444. The van der Waals surface area contributed by atoms with Crippen molar-refractivity contribution in [3.8, 4) is 0 Å². The average molecular weight is 352 g/mol. The SMILES string of the molecule is O=C(CNC(=O)c1ccccn1)N/N=C/C1CNNC1c1ccccc1. The maximum atomic E-state index is 11.8. The van der Waals surface area contributed by atoms with Crippen molar-refractivity contribution in [1.82, 2.24) is 26.6 Å². The second kappa shape index (κ2) is 8.84. The number of nitrogens with zero attached hydrogens (tertiary/aromatic N) is 2. The van der Waals surface area contributed by atoms with Crippen LogP contribution in [0.4, 0.5) is 0 Å². The minimum absolute atomic E-state index is 0.0840. The number of hydrogen-bond donors (Lipinski definition) is 4. The number of nitrogens with one attached hydrogen (secondary N) is 4. The molecule has 3 rings (SSSR count). The van der Waals surface area contributed by atoms with E-state index in [0.717, 1.165) is 5.56 Å². The lowest BCUT2D eigenvalue weighted by Gasteiger charge is -2.14. The molecule has 0 saturated carbocycles. The summed E-state index contributed by atoms with van der Waals surface area (Å²) in [5.41, 5.74) is 10.1. The first-order valence-corrected chi connectivity index (χ1v) is 8.28. The van der Waals surface area contributed by atoms with Crippen molar-refractivity contribution >= 4 is 18.0 Å². The van der Waals surface area contributed by atoms with Gasteiger partial charge in [0, 0.05) is 24.9 Å². The van der Waals surface area contributed by atoms with Crippen LogP contribution in [0.25, 0.3) is 0 Å². The Kier molecular flexibility index (Phi) is 6.02. The third-order valence-corrected chi connectivity index (χ3v) is 3.94. The Bertz CT molecular complexity index is 766. The number of rotatable bonds is 6. The fraction of sp³-hybridized carbons (Fsp3) is 0.222. The van der Waals surface area contributed by atoms with E-state index in [1.165, 1.54) is 6.20 Å². The number of hydrogen-bond acceptors (Lipinski definition) is 6. The van der Waals surface area contributed by atoms with Gasteiger partial charge in [-0.25, -0.2) is 10.9 Å². The third kappa shape index (κ3) is 4.71. The van der Waals surface area contributed by atoms with E-state index in [4.69, 9.17) is 0 Å². The molecule has 1 aliphatic rings. The van der Waals surface area contributed by atoms with Crippen LogP contribution in [0.2, 0.25) is 0 Å². The Balaban J connectivity index is 1.46. The number of carbonyl (C=O) groups is 2. The minimum atomic E-state index is -0.405. The molecular formula is C18H20N6O2. The van der Waals surface area contributed by atoms with Gasteiger partial charge in [-0.15, -0.1) is 0 Å². The zero-order valence-corrected chi connectivity index (χ0v) is 14.1. The Morgan fingerprint density at radius 3 is 2.77 bits per heavy atom. The van der Waals surface area contributed by atoms with E-state index in [2.05, 4.69) is 31.7 Å². The van der Waals surface area contributed by atoms with Gasteiger partial charge in [0.15, 0.2) is 0 Å². The first-order valence-electron chi connectivity index (χ1n) is 8.28. The standard InChI is InChI=1S/C18H20N6O2/c25-16(12-20-18(26)15-8-4-5-9-19-15)23-21-10-14-11-22-24-17(14)13-6-2-1-3-7-13/h1-10,14,17,22,24H,11-12H2,(H,20,26)(H,23,25)/b21-10+. The van der Waals surface area contributed by atoms with Crippen LogP contribution in [0.15, 0.2) is 59.8 Å². The van der Waals surface area contributed by atoms with Crippen LogP contribution in [-0.4, -0.2) is 36.1 Å². The molecule has 0 aliphatic carbocycles. The molecule has 2 atom stereocenters. The van der Waals surface area contributed by atoms with Gasteiger partial charge in [0.25, 0.3) is 11.8 Å². The molecule has 2 aromatic rings. The summed E-state index contributed by atoms with van der Waals surface area (Å²) in [7, 11) is 0. The van der Waals surface area contributed by atoms with Gasteiger partial charge in [-0.2, -0.15) is 5.10 Å². The molecule has 8 nitrogen and oxygen atoms in total. The molecule has 2 heterocycles. The lowest BCUT2D eigenvalue weighted by Crippen LogP contribution is -2.35. The topological polar surface area (TPSA) is 108 Å². The maximum absolute atomic E-state index is 11.8. The number of pyridine rings is 1. The van der Waals surface area contributed by atoms with Crippen molar-refractivity contribution in [3.05, 3.63) is 66.0 Å². The highest BCUT2D eigenvalue weighted by Gasteiger charge is 2.26. The highest BCUT2D eigenvalue weighted by Crippen LogP contribution is 2.22. The van der Waals surface area contributed by atoms with E-state index in [-0.39, 0.29) is 24.2 Å². The second-order valence-corrected chi connectivity index (χ2v) is 5.79. The molecule has 2 unspecified atom stereocenters. The summed E-state index contributed by atoms with van der Waals surface area (Å²) in [5.74, 6) is -0.709. The summed E-state index contributed by atoms with van der Waals surface area (Å²) in [6.45, 7) is 0.533. The van der Waals surface area contributed by atoms with Crippen molar-refractivity contribution in [1.29, 1.82) is 0 Å². The molecule has 26 heavy (non-hydrogen) atoms. The summed E-state index contributed by atoms with van der Waals surface area (Å²) in [4.78, 5) is 27.6. The summed E-state index contributed by atoms with van der Waals surface area (Å²) in [6.07, 6.45) is 3.22. The Hall–Kier alpha value is -3.10. The van der Waals surface area contributed by atoms with E-state index in [9.17, 15) is 9.59 Å². The number of amides is 2. The summed E-state index contributed by atoms with van der Waals surface area (Å²) < 4.78 is 0. The van der Waals surface area contributed by atoms with Gasteiger partial charge in [-0.05, 0) is 17.7 Å². The molecule has 134 valence electrons. The maximum Gasteiger partial charge on any atom is 0.270 e. The van der Waals surface area contributed by atoms with Gasteiger partial charge < -0.3 is 5.32 Å². The number of hydrazine groups is 1. The van der Waals surface area contributed by atoms with Crippen LogP contribution >= 0.6 is 0 Å². The lowest BCUT2D eigenvalue weighted by molar-refractivity contribution is -0.120. The molecule has 0 radical (unpaired) electrons. The Morgan fingerprint density at radius 1 is 1.19 bits per heavy atom. The van der Waals surface area contributed by atoms with Crippen molar-refractivity contribution in [2.45, 2.75) is 6.04 Å². The largest absolute Gasteiger partial charge is 0.342 e. The molecule has 4 N–H and O–H groups in total. The predicted octanol–water partition coefficient (Wildman–Crippen LogP) is 0.379. The number of carbonyl (C=O) groups excluding carboxylic acids is 2. The Labute approximate surface area is 151 Å². The molecule has 0 bridgehead atoms. The van der Waals surface area contributed by atoms with Gasteiger partial charge >= 0.3 is 0 Å². The van der Waals surface area contributed by atoms with E-state index in [1.54, 1.807) is 24.4 Å². The summed E-state index contributed by atoms with van der Waals surface area (Å²) >= 11 is 0. The fourth-order valence-electron chi connectivity index (χ4n) is 2.63. The fourth-order valence-corrected chi connectivity index (χ4v) is 2.63. The molecule has 0 spiro atoms. The van der Waals surface area contributed by atoms with E-state index >= 15 is 0 Å².